The number of rotatable bonds is 3. The van der Waals surface area contributed by atoms with Gasteiger partial charge in [-0.15, -0.1) is 0 Å². The minimum absolute atomic E-state index is 0.0211. The molecule has 3 rings (SSSR count). The van der Waals surface area contributed by atoms with Crippen molar-refractivity contribution in [3.63, 3.8) is 0 Å². The van der Waals surface area contributed by atoms with E-state index in [9.17, 15) is 14.4 Å². The Morgan fingerprint density at radius 3 is 2.46 bits per heavy atom. The van der Waals surface area contributed by atoms with Crippen LogP contribution in [0.25, 0.3) is 11.0 Å². The number of hydrogen-bond donors (Lipinski definition) is 0. The maximum atomic E-state index is 12.7. The van der Waals surface area contributed by atoms with Crippen molar-refractivity contribution < 1.29 is 23.5 Å². The van der Waals surface area contributed by atoms with E-state index >= 15 is 0 Å². The molecule has 26 heavy (non-hydrogen) atoms. The van der Waals surface area contributed by atoms with E-state index < -0.39 is 17.6 Å². The third-order valence-electron chi connectivity index (χ3n) is 4.27. The van der Waals surface area contributed by atoms with Crippen LogP contribution in [0.3, 0.4) is 0 Å². The van der Waals surface area contributed by atoms with Gasteiger partial charge >= 0.3 is 11.7 Å². The van der Waals surface area contributed by atoms with E-state index in [0.29, 0.717) is 49.5 Å². The summed E-state index contributed by atoms with van der Waals surface area (Å²) in [4.78, 5) is 39.7. The number of ether oxygens (including phenoxy) is 2. The lowest BCUT2D eigenvalue weighted by atomic mass is 10.1. The van der Waals surface area contributed by atoms with E-state index in [4.69, 9.17) is 13.9 Å². The molecule has 138 valence electrons. The molecule has 0 N–H and O–H groups in total. The van der Waals surface area contributed by atoms with Crippen LogP contribution in [0.1, 0.15) is 17.3 Å². The first-order valence-electron chi connectivity index (χ1n) is 8.36. The quantitative estimate of drug-likeness (QED) is 0.774. The minimum atomic E-state index is -0.691. The molecule has 2 amide bonds. The molecule has 1 aliphatic heterocycles. The Hall–Kier alpha value is -3.03. The average molecular weight is 360 g/mol. The van der Waals surface area contributed by atoms with Crippen molar-refractivity contribution in [2.45, 2.75) is 6.92 Å². The molecule has 0 saturated carbocycles. The molecule has 2 heterocycles. The molecule has 0 aliphatic carbocycles. The first-order valence-corrected chi connectivity index (χ1v) is 8.36. The highest BCUT2D eigenvalue weighted by Crippen LogP contribution is 2.20. The Balaban J connectivity index is 1.77. The second-order valence-electron chi connectivity index (χ2n) is 5.83. The average Bonchev–Trinajstić information content (AvgIpc) is 2.66. The molecule has 1 aromatic heterocycles. The van der Waals surface area contributed by atoms with Crippen molar-refractivity contribution in [1.82, 2.24) is 9.80 Å². The van der Waals surface area contributed by atoms with Gasteiger partial charge in [0, 0.05) is 37.6 Å². The van der Waals surface area contributed by atoms with Gasteiger partial charge in [0.15, 0.2) is 0 Å². The molecule has 0 unspecified atom stereocenters. The number of carbonyl (C=O) groups excluding carboxylic acids is 2. The van der Waals surface area contributed by atoms with Gasteiger partial charge in [-0.25, -0.2) is 9.59 Å². The topological polar surface area (TPSA) is 89.3 Å². The van der Waals surface area contributed by atoms with Crippen molar-refractivity contribution in [2.75, 3.05) is 39.9 Å². The lowest BCUT2D eigenvalue weighted by Crippen LogP contribution is -2.51. The fourth-order valence-corrected chi connectivity index (χ4v) is 2.84. The molecule has 0 atom stereocenters. The molecule has 8 nitrogen and oxygen atoms in total. The van der Waals surface area contributed by atoms with Crippen molar-refractivity contribution in [2.24, 2.45) is 0 Å². The summed E-state index contributed by atoms with van der Waals surface area (Å²) in [5, 5.41) is 0.638. The number of piperazine rings is 1. The Bertz CT molecular complexity index is 883. The van der Waals surface area contributed by atoms with Crippen LogP contribution in [0.5, 0.6) is 5.75 Å². The van der Waals surface area contributed by atoms with E-state index in [1.807, 2.05) is 0 Å². The zero-order valence-corrected chi connectivity index (χ0v) is 14.7. The van der Waals surface area contributed by atoms with Crippen LogP contribution in [-0.4, -0.2) is 61.7 Å². The van der Waals surface area contributed by atoms with Gasteiger partial charge in [0.2, 0.25) is 0 Å². The standard InChI is InChI=1S/C18H20N2O6/c1-3-25-18(23)20-8-6-19(7-9-20)16(21)14-10-12-4-5-13(24-2)11-15(12)26-17(14)22/h4-5,10-11H,3,6-9H2,1-2H3. The third-order valence-corrected chi connectivity index (χ3v) is 4.27. The predicted molar refractivity (Wildman–Crippen MR) is 93.5 cm³/mol. The van der Waals surface area contributed by atoms with Crippen LogP contribution in [0.4, 0.5) is 4.79 Å². The largest absolute Gasteiger partial charge is 0.497 e. The summed E-state index contributed by atoms with van der Waals surface area (Å²) < 4.78 is 15.3. The molecule has 1 fully saturated rings. The highest BCUT2D eigenvalue weighted by molar-refractivity contribution is 5.97. The number of fused-ring (bicyclic) bond motifs is 1. The van der Waals surface area contributed by atoms with Gasteiger partial charge in [0.05, 0.1) is 13.7 Å². The van der Waals surface area contributed by atoms with Gasteiger partial charge in [-0.2, -0.15) is 0 Å². The van der Waals surface area contributed by atoms with Gasteiger partial charge in [0.25, 0.3) is 5.91 Å². The summed E-state index contributed by atoms with van der Waals surface area (Å²) in [6.45, 7) is 3.43. The summed E-state index contributed by atoms with van der Waals surface area (Å²) in [5.74, 6) is 0.162. The van der Waals surface area contributed by atoms with Gasteiger partial charge < -0.3 is 23.7 Å². The van der Waals surface area contributed by atoms with Gasteiger partial charge in [-0.3, -0.25) is 4.79 Å². The molecular weight excluding hydrogens is 340 g/mol. The maximum Gasteiger partial charge on any atom is 0.409 e. The van der Waals surface area contributed by atoms with Crippen LogP contribution in [0.15, 0.2) is 33.5 Å². The zero-order valence-electron chi connectivity index (χ0n) is 14.7. The van der Waals surface area contributed by atoms with Crippen LogP contribution >= 0.6 is 0 Å². The van der Waals surface area contributed by atoms with Crippen molar-refractivity contribution in [3.05, 3.63) is 40.2 Å². The van der Waals surface area contributed by atoms with E-state index in [-0.39, 0.29) is 5.56 Å². The summed E-state index contributed by atoms with van der Waals surface area (Å²) >= 11 is 0. The SMILES string of the molecule is CCOC(=O)N1CCN(C(=O)c2cc3ccc(OC)cc3oc2=O)CC1. The van der Waals surface area contributed by atoms with Crippen LogP contribution in [-0.2, 0) is 4.74 Å². The number of benzene rings is 1. The first kappa shape index (κ1) is 17.8. The van der Waals surface area contributed by atoms with E-state index in [2.05, 4.69) is 0 Å². The summed E-state index contributed by atoms with van der Waals surface area (Å²) in [6, 6.07) is 6.59. The van der Waals surface area contributed by atoms with Gasteiger partial charge in [0.1, 0.15) is 16.9 Å². The Morgan fingerprint density at radius 1 is 1.12 bits per heavy atom. The monoisotopic (exact) mass is 360 g/mol. The van der Waals surface area contributed by atoms with E-state index in [1.165, 1.54) is 18.1 Å². The number of carbonyl (C=O) groups is 2. The summed E-state index contributed by atoms with van der Waals surface area (Å²) in [7, 11) is 1.52. The molecule has 8 heteroatoms. The third kappa shape index (κ3) is 3.49. The van der Waals surface area contributed by atoms with E-state index in [1.54, 1.807) is 30.0 Å². The van der Waals surface area contributed by atoms with E-state index in [0.717, 1.165) is 0 Å². The van der Waals surface area contributed by atoms with Crippen molar-refractivity contribution in [1.29, 1.82) is 0 Å². The van der Waals surface area contributed by atoms with Crippen LogP contribution in [0.2, 0.25) is 0 Å². The number of hydrogen-bond acceptors (Lipinski definition) is 6. The first-order chi connectivity index (χ1) is 12.5. The molecule has 1 aliphatic rings. The molecule has 0 radical (unpaired) electrons. The summed E-state index contributed by atoms with van der Waals surface area (Å²) in [6.07, 6.45) is -0.390. The van der Waals surface area contributed by atoms with Gasteiger partial charge in [-0.1, -0.05) is 0 Å². The van der Waals surface area contributed by atoms with Crippen LogP contribution in [0, 0.1) is 0 Å². The lowest BCUT2D eigenvalue weighted by molar-refractivity contribution is 0.0567. The molecule has 0 spiro atoms. The Morgan fingerprint density at radius 2 is 1.81 bits per heavy atom. The second-order valence-corrected chi connectivity index (χ2v) is 5.83. The zero-order chi connectivity index (χ0) is 18.7. The molecule has 0 bridgehead atoms. The highest BCUT2D eigenvalue weighted by Gasteiger charge is 2.27. The summed E-state index contributed by atoms with van der Waals surface area (Å²) in [5.41, 5.74) is -0.353. The van der Waals surface area contributed by atoms with Crippen molar-refractivity contribution in [3.8, 4) is 5.75 Å². The van der Waals surface area contributed by atoms with Crippen molar-refractivity contribution >= 4 is 23.0 Å². The van der Waals surface area contributed by atoms with Gasteiger partial charge in [-0.05, 0) is 25.1 Å². The Labute approximate surface area is 149 Å². The molecule has 2 aromatic rings. The Kier molecular flexibility index (Phi) is 5.11. The fourth-order valence-electron chi connectivity index (χ4n) is 2.84. The molecule has 1 saturated heterocycles. The molecular formula is C18H20N2O6. The number of methoxy groups -OCH3 is 1. The fraction of sp³-hybridized carbons (Fsp3) is 0.389. The maximum absolute atomic E-state index is 12.7. The van der Waals surface area contributed by atoms with Crippen LogP contribution < -0.4 is 10.4 Å². The highest BCUT2D eigenvalue weighted by atomic mass is 16.6. The minimum Gasteiger partial charge on any atom is -0.497 e. The normalized spacial score (nSPS) is 14.4. The lowest BCUT2D eigenvalue weighted by Gasteiger charge is -2.33. The second kappa shape index (κ2) is 7.47. The number of amides is 2. The smallest absolute Gasteiger partial charge is 0.409 e. The predicted octanol–water partition coefficient (Wildman–Crippen LogP) is 1.72. The molecule has 1 aromatic carbocycles. The number of nitrogens with zero attached hydrogens (tertiary/aromatic N) is 2.